The maximum atomic E-state index is 12.0. The van der Waals surface area contributed by atoms with Crippen LogP contribution in [-0.4, -0.2) is 74.9 Å². The van der Waals surface area contributed by atoms with Crippen molar-refractivity contribution in [3.8, 4) is 0 Å². The second kappa shape index (κ2) is 11.8. The van der Waals surface area contributed by atoms with Crippen LogP contribution in [0.15, 0.2) is 36.9 Å². The molecular formula is C26H34N8O3. The molecule has 11 nitrogen and oxygen atoms in total. The molecule has 0 spiro atoms. The monoisotopic (exact) mass is 506 g/mol. The van der Waals surface area contributed by atoms with Gasteiger partial charge < -0.3 is 26.2 Å². The SMILES string of the molecule is C=CC(=O)N1CCC[C@@H](Nc2nnc(C(N)=O)c(Nc3ccc(C4CCN(C(=O)CC)CC4)cc3)n2)C1. The Kier molecular flexibility index (Phi) is 8.32. The smallest absolute Gasteiger partial charge is 0.273 e. The zero-order valence-corrected chi connectivity index (χ0v) is 21.2. The van der Waals surface area contributed by atoms with Gasteiger partial charge in [-0.05, 0) is 55.4 Å². The molecule has 1 aromatic heterocycles. The first-order valence-corrected chi connectivity index (χ1v) is 12.7. The van der Waals surface area contributed by atoms with E-state index in [1.165, 1.54) is 11.6 Å². The minimum atomic E-state index is -0.737. The molecule has 2 aliphatic heterocycles. The van der Waals surface area contributed by atoms with Gasteiger partial charge in [-0.2, -0.15) is 4.98 Å². The Hall–Kier alpha value is -4.02. The molecule has 1 aromatic carbocycles. The molecule has 3 amide bonds. The lowest BCUT2D eigenvalue weighted by molar-refractivity contribution is -0.132. The summed E-state index contributed by atoms with van der Waals surface area (Å²) in [5.41, 5.74) is 7.39. The second-order valence-electron chi connectivity index (χ2n) is 9.42. The number of nitrogens with zero attached hydrogens (tertiary/aromatic N) is 5. The second-order valence-corrected chi connectivity index (χ2v) is 9.42. The molecule has 2 saturated heterocycles. The van der Waals surface area contributed by atoms with Crippen molar-refractivity contribution < 1.29 is 14.4 Å². The molecule has 11 heteroatoms. The van der Waals surface area contributed by atoms with Gasteiger partial charge in [0.15, 0.2) is 11.5 Å². The number of amides is 3. The molecule has 4 rings (SSSR count). The molecule has 1 atom stereocenters. The first-order chi connectivity index (χ1) is 17.9. The number of aromatic nitrogens is 3. The molecule has 2 aromatic rings. The van der Waals surface area contributed by atoms with Crippen LogP contribution in [0.2, 0.25) is 0 Å². The van der Waals surface area contributed by atoms with Crippen LogP contribution in [0.1, 0.15) is 61.0 Å². The topological polar surface area (TPSA) is 146 Å². The van der Waals surface area contributed by atoms with Crippen molar-refractivity contribution in [2.24, 2.45) is 5.73 Å². The number of carbonyl (C=O) groups excluding carboxylic acids is 3. The zero-order valence-electron chi connectivity index (χ0n) is 21.2. The normalized spacial score (nSPS) is 18.2. The van der Waals surface area contributed by atoms with Crippen LogP contribution in [0.25, 0.3) is 0 Å². The van der Waals surface area contributed by atoms with Crippen LogP contribution in [0, 0.1) is 0 Å². The third-order valence-corrected chi connectivity index (χ3v) is 6.96. The quantitative estimate of drug-likeness (QED) is 0.463. The van der Waals surface area contributed by atoms with Crippen molar-refractivity contribution in [3.63, 3.8) is 0 Å². The highest BCUT2D eigenvalue weighted by Crippen LogP contribution is 2.30. The van der Waals surface area contributed by atoms with Crippen LogP contribution in [0.4, 0.5) is 17.5 Å². The van der Waals surface area contributed by atoms with Gasteiger partial charge in [-0.25, -0.2) is 0 Å². The van der Waals surface area contributed by atoms with Gasteiger partial charge in [0.1, 0.15) is 0 Å². The Labute approximate surface area is 216 Å². The maximum absolute atomic E-state index is 12.0. The summed E-state index contributed by atoms with van der Waals surface area (Å²) in [7, 11) is 0. The number of nitrogens with two attached hydrogens (primary N) is 1. The highest BCUT2D eigenvalue weighted by atomic mass is 16.2. The summed E-state index contributed by atoms with van der Waals surface area (Å²) >= 11 is 0. The average Bonchev–Trinajstić information content (AvgIpc) is 2.93. The number of likely N-dealkylation sites (tertiary alicyclic amines) is 2. The number of hydrogen-bond acceptors (Lipinski definition) is 8. The van der Waals surface area contributed by atoms with E-state index in [0.717, 1.165) is 44.5 Å². The molecule has 0 unspecified atom stereocenters. The summed E-state index contributed by atoms with van der Waals surface area (Å²) in [6.07, 6.45) is 5.42. The van der Waals surface area contributed by atoms with Crippen LogP contribution in [0.5, 0.6) is 0 Å². The first kappa shape index (κ1) is 26.1. The summed E-state index contributed by atoms with van der Waals surface area (Å²) in [5, 5.41) is 14.4. The number of rotatable bonds is 8. The minimum Gasteiger partial charge on any atom is -0.364 e. The van der Waals surface area contributed by atoms with Gasteiger partial charge in [0.2, 0.25) is 17.8 Å². The van der Waals surface area contributed by atoms with E-state index >= 15 is 0 Å². The standard InChI is InChI=1S/C26H34N8O3/c1-3-21(35)33-14-11-18(12-15-33)17-7-9-19(10-8-17)28-25-23(24(27)37)31-32-26(30-25)29-20-6-5-13-34(16-20)22(36)4-2/h4,7-10,18,20H,2-3,5-6,11-16H2,1H3,(H2,27,37)(H2,28,29,30,32)/t20-/m1/s1. The fourth-order valence-electron chi connectivity index (χ4n) is 4.91. The third kappa shape index (κ3) is 6.41. The van der Waals surface area contributed by atoms with Gasteiger partial charge in [-0.15, -0.1) is 10.2 Å². The molecule has 0 saturated carbocycles. The summed E-state index contributed by atoms with van der Waals surface area (Å²) in [6.45, 7) is 8.19. The molecule has 196 valence electrons. The van der Waals surface area contributed by atoms with Crippen molar-refractivity contribution in [3.05, 3.63) is 48.2 Å². The van der Waals surface area contributed by atoms with Crippen LogP contribution < -0.4 is 16.4 Å². The van der Waals surface area contributed by atoms with Crippen LogP contribution in [-0.2, 0) is 9.59 Å². The lowest BCUT2D eigenvalue weighted by Gasteiger charge is -2.32. The van der Waals surface area contributed by atoms with Gasteiger partial charge in [0.25, 0.3) is 5.91 Å². The largest absolute Gasteiger partial charge is 0.364 e. The predicted octanol–water partition coefficient (Wildman–Crippen LogP) is 2.42. The van der Waals surface area contributed by atoms with Crippen molar-refractivity contribution in [1.29, 1.82) is 0 Å². The van der Waals surface area contributed by atoms with Crippen molar-refractivity contribution >= 4 is 35.2 Å². The van der Waals surface area contributed by atoms with Crippen LogP contribution >= 0.6 is 0 Å². The third-order valence-electron chi connectivity index (χ3n) is 6.96. The zero-order chi connectivity index (χ0) is 26.4. The van der Waals surface area contributed by atoms with Crippen molar-refractivity contribution in [2.75, 3.05) is 36.8 Å². The van der Waals surface area contributed by atoms with E-state index in [1.807, 2.05) is 24.0 Å². The van der Waals surface area contributed by atoms with Crippen molar-refractivity contribution in [1.82, 2.24) is 25.0 Å². The number of anilines is 3. The number of carbonyl (C=O) groups is 3. The Morgan fingerprint density at radius 1 is 1.08 bits per heavy atom. The fraction of sp³-hybridized carbons (Fsp3) is 0.462. The van der Waals surface area contributed by atoms with E-state index in [1.54, 1.807) is 4.90 Å². The molecule has 2 fully saturated rings. The van der Waals surface area contributed by atoms with E-state index in [2.05, 4.69) is 44.5 Å². The summed E-state index contributed by atoms with van der Waals surface area (Å²) < 4.78 is 0. The summed E-state index contributed by atoms with van der Waals surface area (Å²) in [4.78, 5) is 44.0. The Bertz CT molecular complexity index is 1150. The van der Waals surface area contributed by atoms with Crippen molar-refractivity contribution in [2.45, 2.75) is 51.0 Å². The molecule has 0 bridgehead atoms. The van der Waals surface area contributed by atoms with E-state index in [0.29, 0.717) is 25.4 Å². The Morgan fingerprint density at radius 3 is 2.46 bits per heavy atom. The van der Waals surface area contributed by atoms with Gasteiger partial charge in [0.05, 0.1) is 0 Å². The number of primary amides is 1. The number of hydrogen-bond donors (Lipinski definition) is 3. The molecule has 0 radical (unpaired) electrons. The van der Waals surface area contributed by atoms with E-state index in [9.17, 15) is 14.4 Å². The lowest BCUT2D eigenvalue weighted by Crippen LogP contribution is -2.44. The average molecular weight is 507 g/mol. The van der Waals surface area contributed by atoms with Gasteiger partial charge in [-0.3, -0.25) is 14.4 Å². The maximum Gasteiger partial charge on any atom is 0.273 e. The Balaban J connectivity index is 1.43. The summed E-state index contributed by atoms with van der Waals surface area (Å²) in [6, 6.07) is 7.91. The fourth-order valence-corrected chi connectivity index (χ4v) is 4.91. The Morgan fingerprint density at radius 2 is 1.81 bits per heavy atom. The molecule has 3 heterocycles. The van der Waals surface area contributed by atoms with E-state index in [4.69, 9.17) is 5.73 Å². The first-order valence-electron chi connectivity index (χ1n) is 12.7. The number of benzene rings is 1. The van der Waals surface area contributed by atoms with Gasteiger partial charge >= 0.3 is 0 Å². The molecule has 0 aliphatic carbocycles. The number of nitrogens with one attached hydrogen (secondary N) is 2. The van der Waals surface area contributed by atoms with Gasteiger partial charge in [0, 0.05) is 44.3 Å². The molecule has 4 N–H and O–H groups in total. The minimum absolute atomic E-state index is 0.0509. The highest BCUT2D eigenvalue weighted by molar-refractivity contribution is 5.96. The van der Waals surface area contributed by atoms with Crippen LogP contribution in [0.3, 0.4) is 0 Å². The van der Waals surface area contributed by atoms with E-state index < -0.39 is 5.91 Å². The lowest BCUT2D eigenvalue weighted by atomic mass is 9.89. The number of piperidine rings is 2. The predicted molar refractivity (Wildman–Crippen MR) is 140 cm³/mol. The van der Waals surface area contributed by atoms with E-state index in [-0.39, 0.29) is 35.3 Å². The highest BCUT2D eigenvalue weighted by Gasteiger charge is 2.25. The molecule has 37 heavy (non-hydrogen) atoms. The summed E-state index contributed by atoms with van der Waals surface area (Å²) in [5.74, 6) is 0.214. The molecular weight excluding hydrogens is 472 g/mol. The molecule has 2 aliphatic rings. The van der Waals surface area contributed by atoms with Gasteiger partial charge in [-0.1, -0.05) is 25.6 Å².